The van der Waals surface area contributed by atoms with Gasteiger partial charge in [0.25, 0.3) is 11.8 Å². The number of hydrogen-bond donors (Lipinski definition) is 1. The lowest BCUT2D eigenvalue weighted by Crippen LogP contribution is -2.20. The number of hydrogen-bond acceptors (Lipinski definition) is 5. The van der Waals surface area contributed by atoms with Crippen molar-refractivity contribution in [1.29, 1.82) is 0 Å². The number of nitrogens with one attached hydrogen (secondary N) is 1. The van der Waals surface area contributed by atoms with Crippen molar-refractivity contribution in [3.05, 3.63) is 84.7 Å². The highest BCUT2D eigenvalue weighted by Gasteiger charge is 2.12. The lowest BCUT2D eigenvalue weighted by molar-refractivity contribution is -0.118. The molecule has 0 unspecified atom stereocenters. The van der Waals surface area contributed by atoms with Crippen LogP contribution in [0, 0.1) is 5.82 Å². The lowest BCUT2D eigenvalue weighted by Gasteiger charge is -2.08. The molecule has 4 aromatic rings. The zero-order valence-corrected chi connectivity index (χ0v) is 15.2. The molecule has 7 heteroatoms. The average Bonchev–Trinajstić information content (AvgIpc) is 3.24. The Bertz CT molecular complexity index is 1130. The summed E-state index contributed by atoms with van der Waals surface area (Å²) in [5, 5.41) is 6.69. The molecule has 0 radical (unpaired) electrons. The number of ether oxygens (including phenoxy) is 1. The Balaban J connectivity index is 1.43. The minimum Gasteiger partial charge on any atom is -0.484 e. The van der Waals surface area contributed by atoms with Gasteiger partial charge in [-0.05, 0) is 42.5 Å². The summed E-state index contributed by atoms with van der Waals surface area (Å²) in [5.41, 5.74) is 1.85. The van der Waals surface area contributed by atoms with Crippen molar-refractivity contribution in [2.45, 2.75) is 0 Å². The predicted octanol–water partition coefficient (Wildman–Crippen LogP) is 4.56. The largest absolute Gasteiger partial charge is 0.484 e. The first-order valence-corrected chi connectivity index (χ1v) is 8.85. The topological polar surface area (TPSA) is 77.2 Å². The molecule has 1 heterocycles. The Morgan fingerprint density at radius 1 is 0.966 bits per heavy atom. The first-order chi connectivity index (χ1) is 14.2. The standard InChI is InChI=1S/C22H16FN3O3/c23-17-8-4-7-16(12-17)22-25-21(26-29-22)15-6-5-11-19(13-15)28-14-20(27)24-18-9-2-1-3-10-18/h1-13H,14H2,(H,24,27). The monoisotopic (exact) mass is 389 g/mol. The fourth-order valence-corrected chi connectivity index (χ4v) is 2.67. The third kappa shape index (κ3) is 4.65. The summed E-state index contributed by atoms with van der Waals surface area (Å²) in [7, 11) is 0. The second-order valence-corrected chi connectivity index (χ2v) is 6.16. The van der Waals surface area contributed by atoms with Gasteiger partial charge >= 0.3 is 0 Å². The van der Waals surface area contributed by atoms with Gasteiger partial charge in [-0.3, -0.25) is 4.79 Å². The molecular weight excluding hydrogens is 373 g/mol. The molecule has 0 bridgehead atoms. The number of carbonyl (C=O) groups excluding carboxylic acids is 1. The first-order valence-electron chi connectivity index (χ1n) is 8.85. The molecular formula is C22H16FN3O3. The fraction of sp³-hybridized carbons (Fsp3) is 0.0455. The summed E-state index contributed by atoms with van der Waals surface area (Å²) >= 11 is 0. The van der Waals surface area contributed by atoms with Gasteiger partial charge in [-0.2, -0.15) is 4.98 Å². The zero-order chi connectivity index (χ0) is 20.1. The van der Waals surface area contributed by atoms with Crippen LogP contribution in [0.2, 0.25) is 0 Å². The Labute approximate surface area is 166 Å². The molecule has 29 heavy (non-hydrogen) atoms. The number of rotatable bonds is 6. The van der Waals surface area contributed by atoms with Gasteiger partial charge in [-0.1, -0.05) is 41.6 Å². The van der Waals surface area contributed by atoms with Crippen LogP contribution in [0.1, 0.15) is 0 Å². The van der Waals surface area contributed by atoms with E-state index in [2.05, 4.69) is 15.5 Å². The van der Waals surface area contributed by atoms with Crippen molar-refractivity contribution >= 4 is 11.6 Å². The number of anilines is 1. The van der Waals surface area contributed by atoms with Crippen molar-refractivity contribution in [3.8, 4) is 28.6 Å². The van der Waals surface area contributed by atoms with E-state index >= 15 is 0 Å². The summed E-state index contributed by atoms with van der Waals surface area (Å²) in [4.78, 5) is 16.3. The molecule has 0 saturated carbocycles. The number of halogens is 1. The number of carbonyl (C=O) groups is 1. The Kier molecular flexibility index (Phi) is 5.29. The number of para-hydroxylation sites is 1. The second-order valence-electron chi connectivity index (χ2n) is 6.16. The van der Waals surface area contributed by atoms with Gasteiger partial charge in [0.05, 0.1) is 0 Å². The summed E-state index contributed by atoms with van der Waals surface area (Å²) in [6, 6.07) is 22.0. The molecule has 1 aromatic heterocycles. The van der Waals surface area contributed by atoms with Crippen molar-refractivity contribution < 1.29 is 18.4 Å². The van der Waals surface area contributed by atoms with Crippen LogP contribution in [-0.4, -0.2) is 22.7 Å². The van der Waals surface area contributed by atoms with Crippen LogP contribution >= 0.6 is 0 Å². The van der Waals surface area contributed by atoms with E-state index in [1.165, 1.54) is 12.1 Å². The number of aromatic nitrogens is 2. The first kappa shape index (κ1) is 18.4. The van der Waals surface area contributed by atoms with E-state index < -0.39 is 0 Å². The molecule has 0 spiro atoms. The van der Waals surface area contributed by atoms with E-state index in [1.54, 1.807) is 48.5 Å². The maximum Gasteiger partial charge on any atom is 0.262 e. The van der Waals surface area contributed by atoms with E-state index in [9.17, 15) is 9.18 Å². The van der Waals surface area contributed by atoms with E-state index in [1.807, 2.05) is 18.2 Å². The van der Waals surface area contributed by atoms with Crippen LogP contribution in [-0.2, 0) is 4.79 Å². The van der Waals surface area contributed by atoms with Crippen LogP contribution < -0.4 is 10.1 Å². The summed E-state index contributed by atoms with van der Waals surface area (Å²) in [6.45, 7) is -0.140. The number of nitrogens with zero attached hydrogens (tertiary/aromatic N) is 2. The minimum absolute atomic E-state index is 0.140. The van der Waals surface area contributed by atoms with Crippen LogP contribution in [0.15, 0.2) is 83.4 Å². The number of amides is 1. The molecule has 1 N–H and O–H groups in total. The third-order valence-corrected chi connectivity index (χ3v) is 4.02. The molecule has 0 aliphatic carbocycles. The zero-order valence-electron chi connectivity index (χ0n) is 15.2. The smallest absolute Gasteiger partial charge is 0.262 e. The molecule has 0 atom stereocenters. The van der Waals surface area contributed by atoms with Gasteiger partial charge in [0.15, 0.2) is 6.61 Å². The normalized spacial score (nSPS) is 10.5. The molecule has 6 nitrogen and oxygen atoms in total. The Morgan fingerprint density at radius 3 is 2.59 bits per heavy atom. The van der Waals surface area contributed by atoms with E-state index in [0.717, 1.165) is 0 Å². The van der Waals surface area contributed by atoms with Crippen molar-refractivity contribution in [1.82, 2.24) is 10.1 Å². The second kappa shape index (κ2) is 8.35. The highest BCUT2D eigenvalue weighted by atomic mass is 19.1. The maximum atomic E-state index is 13.4. The number of benzene rings is 3. The SMILES string of the molecule is O=C(COc1cccc(-c2noc(-c3cccc(F)c3)n2)c1)Nc1ccccc1. The molecule has 0 saturated heterocycles. The van der Waals surface area contributed by atoms with Crippen molar-refractivity contribution in [3.63, 3.8) is 0 Å². The van der Waals surface area contributed by atoms with Crippen molar-refractivity contribution in [2.75, 3.05) is 11.9 Å². The summed E-state index contributed by atoms with van der Waals surface area (Å²) in [5.74, 6) is 0.389. The van der Waals surface area contributed by atoms with Gasteiger partial charge in [0.2, 0.25) is 5.82 Å². The van der Waals surface area contributed by atoms with Gasteiger partial charge in [-0.25, -0.2) is 4.39 Å². The summed E-state index contributed by atoms with van der Waals surface area (Å²) < 4.78 is 24.2. The van der Waals surface area contributed by atoms with Gasteiger partial charge < -0.3 is 14.6 Å². The predicted molar refractivity (Wildman–Crippen MR) is 106 cm³/mol. The Hall–Kier alpha value is -4.00. The Morgan fingerprint density at radius 2 is 1.76 bits per heavy atom. The molecule has 0 aliphatic heterocycles. The molecule has 144 valence electrons. The van der Waals surface area contributed by atoms with E-state index in [-0.39, 0.29) is 24.2 Å². The average molecular weight is 389 g/mol. The van der Waals surface area contributed by atoms with Crippen LogP contribution in [0.5, 0.6) is 5.75 Å². The molecule has 1 amide bonds. The fourth-order valence-electron chi connectivity index (χ4n) is 2.67. The van der Waals surface area contributed by atoms with Crippen LogP contribution in [0.25, 0.3) is 22.8 Å². The van der Waals surface area contributed by atoms with Crippen LogP contribution in [0.4, 0.5) is 10.1 Å². The maximum absolute atomic E-state index is 13.4. The van der Waals surface area contributed by atoms with Gasteiger partial charge in [0.1, 0.15) is 11.6 Å². The molecule has 0 aliphatic rings. The summed E-state index contributed by atoms with van der Waals surface area (Å²) in [6.07, 6.45) is 0. The van der Waals surface area contributed by atoms with Gasteiger partial charge in [-0.15, -0.1) is 0 Å². The van der Waals surface area contributed by atoms with E-state index in [0.29, 0.717) is 28.4 Å². The molecule has 0 fully saturated rings. The van der Waals surface area contributed by atoms with Gasteiger partial charge in [0, 0.05) is 16.8 Å². The third-order valence-electron chi connectivity index (χ3n) is 4.02. The highest BCUT2D eigenvalue weighted by molar-refractivity contribution is 5.91. The minimum atomic E-state index is -0.383. The highest BCUT2D eigenvalue weighted by Crippen LogP contribution is 2.25. The molecule has 4 rings (SSSR count). The van der Waals surface area contributed by atoms with E-state index in [4.69, 9.17) is 9.26 Å². The lowest BCUT2D eigenvalue weighted by atomic mass is 10.2. The van der Waals surface area contributed by atoms with Crippen molar-refractivity contribution in [2.24, 2.45) is 0 Å². The molecule has 3 aromatic carbocycles. The quantitative estimate of drug-likeness (QED) is 0.523. The van der Waals surface area contributed by atoms with Crippen LogP contribution in [0.3, 0.4) is 0 Å².